The van der Waals surface area contributed by atoms with Crippen LogP contribution in [0.25, 0.3) is 0 Å². The Morgan fingerprint density at radius 1 is 1.36 bits per heavy atom. The van der Waals surface area contributed by atoms with Crippen LogP contribution in [-0.4, -0.2) is 29.2 Å². The first-order chi connectivity index (χ1) is 6.27. The molecule has 0 aromatic heterocycles. The summed E-state index contributed by atoms with van der Waals surface area (Å²) in [5.74, 6) is -0.697. The van der Waals surface area contributed by atoms with E-state index in [0.29, 0.717) is 0 Å². The van der Waals surface area contributed by atoms with Crippen LogP contribution >= 0.6 is 34.8 Å². The predicted octanol–water partition coefficient (Wildman–Crippen LogP) is 1.60. The van der Waals surface area contributed by atoms with E-state index in [1.165, 1.54) is 0 Å². The van der Waals surface area contributed by atoms with Crippen molar-refractivity contribution in [2.45, 2.75) is 16.9 Å². The SMILES string of the molecule is COC(=O)N[C@H](OC(C)=O)C(Cl)(Cl)Cl. The lowest BCUT2D eigenvalue weighted by molar-refractivity contribution is -0.147. The number of hydrogen-bond acceptors (Lipinski definition) is 4. The summed E-state index contributed by atoms with van der Waals surface area (Å²) in [6.45, 7) is 1.11. The fourth-order valence-electron chi connectivity index (χ4n) is 0.510. The Hall–Kier alpha value is -0.390. The molecule has 0 fully saturated rings. The number of alkyl halides is 3. The molecule has 0 saturated heterocycles. The standard InChI is InChI=1S/C6H8Cl3NO4/c1-3(11)14-4(6(7,8)9)10-5(12)13-2/h4H,1-2H3,(H,10,12)/t4-/m1/s1. The van der Waals surface area contributed by atoms with Crippen LogP contribution in [0.5, 0.6) is 0 Å². The topological polar surface area (TPSA) is 64.6 Å². The molecule has 0 bridgehead atoms. The van der Waals surface area contributed by atoms with Gasteiger partial charge in [-0.25, -0.2) is 4.79 Å². The third-order valence-corrected chi connectivity index (χ3v) is 1.61. The molecular formula is C6H8Cl3NO4. The van der Waals surface area contributed by atoms with Gasteiger partial charge in [0, 0.05) is 6.92 Å². The Kier molecular flexibility index (Phi) is 5.33. The Labute approximate surface area is 95.6 Å². The molecule has 0 aliphatic carbocycles. The van der Waals surface area contributed by atoms with Gasteiger partial charge in [0.25, 0.3) is 0 Å². The van der Waals surface area contributed by atoms with Gasteiger partial charge in [-0.15, -0.1) is 0 Å². The van der Waals surface area contributed by atoms with Gasteiger partial charge in [0.05, 0.1) is 7.11 Å². The van der Waals surface area contributed by atoms with E-state index in [9.17, 15) is 9.59 Å². The number of hydrogen-bond donors (Lipinski definition) is 1. The fraction of sp³-hybridized carbons (Fsp3) is 0.667. The number of rotatable bonds is 2. The maximum atomic E-state index is 10.7. The lowest BCUT2D eigenvalue weighted by Crippen LogP contribution is -2.46. The van der Waals surface area contributed by atoms with Crippen molar-refractivity contribution >= 4 is 46.9 Å². The largest absolute Gasteiger partial charge is 0.453 e. The van der Waals surface area contributed by atoms with Gasteiger partial charge in [-0.05, 0) is 0 Å². The van der Waals surface area contributed by atoms with Crippen molar-refractivity contribution < 1.29 is 19.1 Å². The van der Waals surface area contributed by atoms with E-state index in [1.807, 2.05) is 5.32 Å². The van der Waals surface area contributed by atoms with Crippen LogP contribution in [0.3, 0.4) is 0 Å². The fourth-order valence-corrected chi connectivity index (χ4v) is 0.807. The van der Waals surface area contributed by atoms with Crippen molar-refractivity contribution in [3.63, 3.8) is 0 Å². The third-order valence-electron chi connectivity index (χ3n) is 1.02. The molecule has 8 heteroatoms. The molecule has 0 saturated carbocycles. The zero-order chi connectivity index (χ0) is 11.4. The molecule has 14 heavy (non-hydrogen) atoms. The van der Waals surface area contributed by atoms with E-state index >= 15 is 0 Å². The highest BCUT2D eigenvalue weighted by Crippen LogP contribution is 2.31. The number of alkyl carbamates (subject to hydrolysis) is 1. The first-order valence-electron chi connectivity index (χ1n) is 3.35. The molecule has 0 spiro atoms. The molecule has 0 unspecified atom stereocenters. The highest BCUT2D eigenvalue weighted by Gasteiger charge is 2.37. The molecule has 82 valence electrons. The average molecular weight is 264 g/mol. The summed E-state index contributed by atoms with van der Waals surface area (Å²) in [6.07, 6.45) is -2.26. The highest BCUT2D eigenvalue weighted by atomic mass is 35.6. The van der Waals surface area contributed by atoms with Gasteiger partial charge in [0.1, 0.15) is 0 Å². The van der Waals surface area contributed by atoms with Gasteiger partial charge in [0.2, 0.25) is 10.0 Å². The summed E-state index contributed by atoms with van der Waals surface area (Å²) in [4.78, 5) is 21.3. The zero-order valence-corrected chi connectivity index (χ0v) is 9.61. The van der Waals surface area contributed by atoms with Gasteiger partial charge in [-0.2, -0.15) is 0 Å². The number of halogens is 3. The quantitative estimate of drug-likeness (QED) is 0.467. The summed E-state index contributed by atoms with van der Waals surface area (Å²) < 4.78 is 6.82. The van der Waals surface area contributed by atoms with Crippen LogP contribution in [0.4, 0.5) is 4.79 Å². The van der Waals surface area contributed by atoms with Crippen LogP contribution in [0.15, 0.2) is 0 Å². The normalized spacial score (nSPS) is 12.9. The van der Waals surface area contributed by atoms with E-state index in [1.54, 1.807) is 0 Å². The molecule has 0 aromatic carbocycles. The Morgan fingerprint density at radius 2 is 1.86 bits per heavy atom. The lowest BCUT2D eigenvalue weighted by Gasteiger charge is -2.23. The highest BCUT2D eigenvalue weighted by molar-refractivity contribution is 6.68. The second-order valence-electron chi connectivity index (χ2n) is 2.17. The van der Waals surface area contributed by atoms with E-state index in [-0.39, 0.29) is 0 Å². The molecular weight excluding hydrogens is 256 g/mol. The number of amides is 1. The molecule has 1 amide bonds. The van der Waals surface area contributed by atoms with Gasteiger partial charge in [-0.1, -0.05) is 34.8 Å². The summed E-state index contributed by atoms with van der Waals surface area (Å²) in [7, 11) is 1.12. The Morgan fingerprint density at radius 3 is 2.14 bits per heavy atom. The van der Waals surface area contributed by atoms with Crippen LogP contribution in [0.1, 0.15) is 6.92 Å². The van der Waals surface area contributed by atoms with Crippen molar-refractivity contribution in [1.29, 1.82) is 0 Å². The van der Waals surface area contributed by atoms with Crippen molar-refractivity contribution in [3.05, 3.63) is 0 Å². The monoisotopic (exact) mass is 263 g/mol. The number of carbonyl (C=O) groups excluding carboxylic acids is 2. The summed E-state index contributed by atoms with van der Waals surface area (Å²) in [6, 6.07) is 0. The molecule has 0 aliphatic heterocycles. The van der Waals surface area contributed by atoms with Gasteiger partial charge in [-0.3, -0.25) is 10.1 Å². The van der Waals surface area contributed by atoms with Crippen LogP contribution < -0.4 is 5.32 Å². The van der Waals surface area contributed by atoms with Crippen LogP contribution in [0, 0.1) is 0 Å². The predicted molar refractivity (Wildman–Crippen MR) is 51.4 cm³/mol. The van der Waals surface area contributed by atoms with E-state index < -0.39 is 22.1 Å². The molecule has 0 aliphatic rings. The van der Waals surface area contributed by atoms with Crippen molar-refractivity contribution in [2.24, 2.45) is 0 Å². The second-order valence-corrected chi connectivity index (χ2v) is 4.54. The smallest absolute Gasteiger partial charge is 0.409 e. The van der Waals surface area contributed by atoms with Crippen molar-refractivity contribution in [3.8, 4) is 0 Å². The average Bonchev–Trinajstić information content (AvgIpc) is 2.00. The van der Waals surface area contributed by atoms with E-state index in [2.05, 4.69) is 9.47 Å². The minimum absolute atomic E-state index is 0.697. The van der Waals surface area contributed by atoms with Crippen LogP contribution in [0.2, 0.25) is 0 Å². The first-order valence-corrected chi connectivity index (χ1v) is 4.49. The van der Waals surface area contributed by atoms with E-state index in [4.69, 9.17) is 34.8 Å². The molecule has 1 N–H and O–H groups in total. The molecule has 0 aromatic rings. The Bertz CT molecular complexity index is 228. The molecule has 1 atom stereocenters. The van der Waals surface area contributed by atoms with Crippen LogP contribution in [-0.2, 0) is 14.3 Å². The molecule has 0 heterocycles. The lowest BCUT2D eigenvalue weighted by atomic mass is 10.6. The zero-order valence-electron chi connectivity index (χ0n) is 7.34. The summed E-state index contributed by atoms with van der Waals surface area (Å²) in [5, 5.41) is 2.04. The van der Waals surface area contributed by atoms with Gasteiger partial charge < -0.3 is 9.47 Å². The molecule has 5 nitrogen and oxygen atoms in total. The number of carbonyl (C=O) groups is 2. The number of esters is 1. The van der Waals surface area contributed by atoms with Gasteiger partial charge >= 0.3 is 12.1 Å². The summed E-state index contributed by atoms with van der Waals surface area (Å²) in [5.41, 5.74) is 0. The van der Waals surface area contributed by atoms with Crippen molar-refractivity contribution in [1.82, 2.24) is 5.32 Å². The maximum Gasteiger partial charge on any atom is 0.409 e. The number of methoxy groups -OCH3 is 1. The summed E-state index contributed by atoms with van der Waals surface area (Å²) >= 11 is 16.3. The second kappa shape index (κ2) is 5.48. The van der Waals surface area contributed by atoms with Gasteiger partial charge in [0.15, 0.2) is 0 Å². The number of ether oxygens (including phenoxy) is 2. The Balaban J connectivity index is 4.41. The maximum absolute atomic E-state index is 10.7. The first kappa shape index (κ1) is 13.6. The third kappa shape index (κ3) is 5.36. The van der Waals surface area contributed by atoms with E-state index in [0.717, 1.165) is 14.0 Å². The minimum atomic E-state index is -1.96. The molecule has 0 radical (unpaired) electrons. The van der Waals surface area contributed by atoms with Crippen molar-refractivity contribution in [2.75, 3.05) is 7.11 Å². The number of nitrogens with one attached hydrogen (secondary N) is 1. The molecule has 0 rings (SSSR count). The minimum Gasteiger partial charge on any atom is -0.453 e.